The minimum atomic E-state index is -3.51. The predicted molar refractivity (Wildman–Crippen MR) is 109 cm³/mol. The molecule has 2 aromatic carbocycles. The number of carbonyl (C=O) groups excluding carboxylic acids is 1. The highest BCUT2D eigenvalue weighted by molar-refractivity contribution is 7.89. The molecule has 28 heavy (non-hydrogen) atoms. The van der Waals surface area contributed by atoms with Crippen LogP contribution >= 0.6 is 0 Å². The zero-order chi connectivity index (χ0) is 19.6. The summed E-state index contributed by atoms with van der Waals surface area (Å²) in [5.74, 6) is 0.400. The van der Waals surface area contributed by atoms with Crippen LogP contribution in [0.4, 0.5) is 0 Å². The van der Waals surface area contributed by atoms with Gasteiger partial charge in [0.2, 0.25) is 10.0 Å². The number of carbonyl (C=O) groups is 1. The number of hydrogen-bond donors (Lipinski definition) is 0. The fourth-order valence-corrected chi connectivity index (χ4v) is 5.75. The molecule has 0 N–H and O–H groups in total. The van der Waals surface area contributed by atoms with Gasteiger partial charge in [0.25, 0.3) is 5.91 Å². The Morgan fingerprint density at radius 1 is 0.857 bits per heavy atom. The second-order valence-corrected chi connectivity index (χ2v) is 9.55. The maximum Gasteiger partial charge on any atom is 0.253 e. The van der Waals surface area contributed by atoms with E-state index in [1.54, 1.807) is 24.3 Å². The normalized spacial score (nSPS) is 19.1. The molecule has 2 aliphatic heterocycles. The lowest BCUT2D eigenvalue weighted by Gasteiger charge is -2.32. The van der Waals surface area contributed by atoms with Crippen LogP contribution in [0.2, 0.25) is 0 Å². The average Bonchev–Trinajstić information content (AvgIpc) is 3.30. The van der Waals surface area contributed by atoms with Gasteiger partial charge in [-0.25, -0.2) is 8.42 Å². The van der Waals surface area contributed by atoms with Gasteiger partial charge in [0.05, 0.1) is 4.90 Å². The van der Waals surface area contributed by atoms with Gasteiger partial charge in [0.1, 0.15) is 0 Å². The summed E-state index contributed by atoms with van der Waals surface area (Å²) in [5, 5.41) is 0. The second kappa shape index (κ2) is 8.05. The third-order valence-corrected chi connectivity index (χ3v) is 7.73. The van der Waals surface area contributed by atoms with Crippen LogP contribution < -0.4 is 0 Å². The van der Waals surface area contributed by atoms with Gasteiger partial charge in [-0.1, -0.05) is 36.4 Å². The third kappa shape index (κ3) is 3.84. The second-order valence-electron chi connectivity index (χ2n) is 7.62. The fraction of sp³-hybridized carbons (Fsp3) is 0.409. The summed E-state index contributed by atoms with van der Waals surface area (Å²) in [6.45, 7) is 2.52. The van der Waals surface area contributed by atoms with Crippen LogP contribution in [0.5, 0.6) is 0 Å². The molecule has 0 spiro atoms. The Hall–Kier alpha value is -2.18. The van der Waals surface area contributed by atoms with Gasteiger partial charge in [0, 0.05) is 31.7 Å². The molecule has 2 saturated heterocycles. The molecule has 6 heteroatoms. The zero-order valence-electron chi connectivity index (χ0n) is 16.0. The van der Waals surface area contributed by atoms with Crippen LogP contribution in [0.1, 0.15) is 47.5 Å². The molecule has 0 bridgehead atoms. The number of benzene rings is 2. The van der Waals surface area contributed by atoms with Crippen molar-refractivity contribution in [1.29, 1.82) is 0 Å². The molecular formula is C22H26N2O3S. The van der Waals surface area contributed by atoms with Crippen molar-refractivity contribution in [3.63, 3.8) is 0 Å². The third-order valence-electron chi connectivity index (χ3n) is 5.84. The molecule has 0 radical (unpaired) electrons. The molecule has 2 aromatic rings. The average molecular weight is 399 g/mol. The van der Waals surface area contributed by atoms with Gasteiger partial charge in [-0.3, -0.25) is 4.79 Å². The Kier molecular flexibility index (Phi) is 5.51. The van der Waals surface area contributed by atoms with E-state index in [1.807, 2.05) is 11.0 Å². The monoisotopic (exact) mass is 398 g/mol. The number of amides is 1. The van der Waals surface area contributed by atoms with Crippen molar-refractivity contribution in [2.24, 2.45) is 0 Å². The SMILES string of the molecule is O=C(c1cccc(S(=O)(=O)N2CCCC2)c1)N1CCC(c2ccccc2)CC1. The van der Waals surface area contributed by atoms with Gasteiger partial charge in [-0.15, -0.1) is 0 Å². The van der Waals surface area contributed by atoms with Crippen molar-refractivity contribution in [3.05, 3.63) is 65.7 Å². The number of hydrogen-bond acceptors (Lipinski definition) is 3. The van der Waals surface area contributed by atoms with Gasteiger partial charge < -0.3 is 4.90 Å². The van der Waals surface area contributed by atoms with E-state index in [1.165, 1.54) is 9.87 Å². The van der Waals surface area contributed by atoms with Crippen molar-refractivity contribution >= 4 is 15.9 Å². The number of likely N-dealkylation sites (tertiary alicyclic amines) is 1. The van der Waals surface area contributed by atoms with Crippen molar-refractivity contribution in [2.75, 3.05) is 26.2 Å². The van der Waals surface area contributed by atoms with E-state index in [0.717, 1.165) is 25.7 Å². The summed E-state index contributed by atoms with van der Waals surface area (Å²) >= 11 is 0. The molecule has 2 aliphatic rings. The molecule has 0 saturated carbocycles. The van der Waals surface area contributed by atoms with Crippen molar-refractivity contribution < 1.29 is 13.2 Å². The van der Waals surface area contributed by atoms with E-state index < -0.39 is 10.0 Å². The maximum atomic E-state index is 13.0. The summed E-state index contributed by atoms with van der Waals surface area (Å²) in [6.07, 6.45) is 3.66. The number of piperidine rings is 1. The summed E-state index contributed by atoms with van der Waals surface area (Å²) in [5.41, 5.74) is 1.78. The predicted octanol–water partition coefficient (Wildman–Crippen LogP) is 3.49. The molecular weight excluding hydrogens is 372 g/mol. The first-order chi connectivity index (χ1) is 13.6. The molecule has 148 valence electrons. The van der Waals surface area contributed by atoms with Crippen LogP contribution in [0.3, 0.4) is 0 Å². The minimum absolute atomic E-state index is 0.0787. The van der Waals surface area contributed by atoms with E-state index >= 15 is 0 Å². The lowest BCUT2D eigenvalue weighted by Crippen LogP contribution is -2.38. The highest BCUT2D eigenvalue weighted by Crippen LogP contribution is 2.29. The van der Waals surface area contributed by atoms with Crippen LogP contribution in [0, 0.1) is 0 Å². The molecule has 1 amide bonds. The molecule has 2 heterocycles. The van der Waals surface area contributed by atoms with Crippen LogP contribution in [0.25, 0.3) is 0 Å². The van der Waals surface area contributed by atoms with Crippen molar-refractivity contribution in [1.82, 2.24) is 9.21 Å². The minimum Gasteiger partial charge on any atom is -0.339 e. The molecule has 0 aromatic heterocycles. The largest absolute Gasteiger partial charge is 0.339 e. The molecule has 5 nitrogen and oxygen atoms in total. The highest BCUT2D eigenvalue weighted by atomic mass is 32.2. The van der Waals surface area contributed by atoms with E-state index in [0.29, 0.717) is 37.7 Å². The number of nitrogens with zero attached hydrogens (tertiary/aromatic N) is 2. The van der Waals surface area contributed by atoms with Crippen molar-refractivity contribution in [2.45, 2.75) is 36.5 Å². The summed E-state index contributed by atoms with van der Waals surface area (Å²) in [7, 11) is -3.51. The number of rotatable bonds is 4. The lowest BCUT2D eigenvalue weighted by molar-refractivity contribution is 0.0712. The standard InChI is InChI=1S/C22H26N2O3S/c25-22(23-15-11-19(12-16-23)18-7-2-1-3-8-18)20-9-6-10-21(17-20)28(26,27)24-13-4-5-14-24/h1-3,6-10,17,19H,4-5,11-16H2. The fourth-order valence-electron chi connectivity index (χ4n) is 4.19. The van der Waals surface area contributed by atoms with E-state index in [4.69, 9.17) is 0 Å². The molecule has 0 atom stereocenters. The van der Waals surface area contributed by atoms with Gasteiger partial charge in [0.15, 0.2) is 0 Å². The van der Waals surface area contributed by atoms with Gasteiger partial charge >= 0.3 is 0 Å². The molecule has 0 aliphatic carbocycles. The summed E-state index contributed by atoms with van der Waals surface area (Å²) in [6, 6.07) is 16.9. The first-order valence-corrected chi connectivity index (χ1v) is 11.4. The smallest absolute Gasteiger partial charge is 0.253 e. The van der Waals surface area contributed by atoms with Gasteiger partial charge in [-0.2, -0.15) is 4.31 Å². The Balaban J connectivity index is 1.46. The van der Waals surface area contributed by atoms with E-state index in [-0.39, 0.29) is 10.8 Å². The summed E-state index contributed by atoms with van der Waals surface area (Å²) < 4.78 is 27.1. The molecule has 4 rings (SSSR count). The molecule has 0 unspecified atom stereocenters. The quantitative estimate of drug-likeness (QED) is 0.792. The van der Waals surface area contributed by atoms with E-state index in [9.17, 15) is 13.2 Å². The van der Waals surface area contributed by atoms with Crippen molar-refractivity contribution in [3.8, 4) is 0 Å². The Morgan fingerprint density at radius 3 is 2.21 bits per heavy atom. The first-order valence-electron chi connectivity index (χ1n) is 10.00. The Morgan fingerprint density at radius 2 is 1.54 bits per heavy atom. The topological polar surface area (TPSA) is 57.7 Å². The Labute approximate surface area is 167 Å². The molecule has 2 fully saturated rings. The lowest BCUT2D eigenvalue weighted by atomic mass is 9.89. The Bertz CT molecular complexity index is 929. The highest BCUT2D eigenvalue weighted by Gasteiger charge is 2.29. The maximum absolute atomic E-state index is 13.0. The number of sulfonamides is 1. The first kappa shape index (κ1) is 19.2. The summed E-state index contributed by atoms with van der Waals surface area (Å²) in [4.78, 5) is 15.0. The zero-order valence-corrected chi connectivity index (χ0v) is 16.8. The van der Waals surface area contributed by atoms with Crippen LogP contribution in [-0.4, -0.2) is 49.7 Å². The van der Waals surface area contributed by atoms with Crippen LogP contribution in [-0.2, 0) is 10.0 Å². The van der Waals surface area contributed by atoms with Crippen LogP contribution in [0.15, 0.2) is 59.5 Å². The van der Waals surface area contributed by atoms with Gasteiger partial charge in [-0.05, 0) is 55.4 Å². The van der Waals surface area contributed by atoms with E-state index in [2.05, 4.69) is 24.3 Å².